The number of hydrogen-bond donors (Lipinski definition) is 2. The van der Waals surface area contributed by atoms with E-state index < -0.39 is 0 Å². The zero-order valence-electron chi connectivity index (χ0n) is 7.19. The smallest absolute Gasteiger partial charge is 0.127 e. The second-order valence-electron chi connectivity index (χ2n) is 2.50. The minimum Gasteiger partial charge on any atom is -0.373 e. The molecule has 4 nitrogen and oxygen atoms in total. The average Bonchev–Trinajstić information content (AvgIpc) is 2.71. The summed E-state index contributed by atoms with van der Waals surface area (Å²) in [5.74, 6) is 0.874. The Bertz CT molecular complexity index is 326. The molecule has 1 aromatic rings. The summed E-state index contributed by atoms with van der Waals surface area (Å²) in [6.45, 7) is 0. The van der Waals surface area contributed by atoms with Gasteiger partial charge in [0.15, 0.2) is 0 Å². The fourth-order valence-electron chi connectivity index (χ4n) is 1.05. The zero-order valence-corrected chi connectivity index (χ0v) is 8.01. The highest BCUT2D eigenvalue weighted by atomic mass is 32.2. The van der Waals surface area contributed by atoms with Gasteiger partial charge in [0.25, 0.3) is 0 Å². The molecule has 0 aromatic carbocycles. The Morgan fingerprint density at radius 1 is 1.62 bits per heavy atom. The Morgan fingerprint density at radius 2 is 2.54 bits per heavy atom. The molecule has 0 saturated carbocycles. The van der Waals surface area contributed by atoms with E-state index >= 15 is 0 Å². The minimum absolute atomic E-state index is 0.874. The van der Waals surface area contributed by atoms with Crippen molar-refractivity contribution in [3.8, 4) is 0 Å². The van der Waals surface area contributed by atoms with Crippen LogP contribution in [0.3, 0.4) is 0 Å². The summed E-state index contributed by atoms with van der Waals surface area (Å²) in [5.41, 5.74) is 1.10. The van der Waals surface area contributed by atoms with Crippen LogP contribution in [0.25, 0.3) is 0 Å². The molecule has 13 heavy (non-hydrogen) atoms. The van der Waals surface area contributed by atoms with Gasteiger partial charge in [-0.15, -0.1) is 0 Å². The van der Waals surface area contributed by atoms with E-state index in [0.29, 0.717) is 0 Å². The van der Waals surface area contributed by atoms with Crippen LogP contribution >= 0.6 is 12.1 Å². The molecule has 0 radical (unpaired) electrons. The van der Waals surface area contributed by atoms with Crippen LogP contribution in [0.5, 0.6) is 0 Å². The number of nitrogens with zero attached hydrogens (tertiary/aromatic N) is 2. The largest absolute Gasteiger partial charge is 0.373 e. The Hall–Kier alpha value is -1.36. The number of nitrogens with one attached hydrogen (secondary N) is 2. The van der Waals surface area contributed by atoms with E-state index in [1.807, 2.05) is 35.9 Å². The van der Waals surface area contributed by atoms with Crippen molar-refractivity contribution in [1.82, 2.24) is 9.71 Å². The summed E-state index contributed by atoms with van der Waals surface area (Å²) in [4.78, 5) is 4.14. The highest BCUT2D eigenvalue weighted by Crippen LogP contribution is 2.25. The number of pyridine rings is 1. The third kappa shape index (κ3) is 1.70. The summed E-state index contributed by atoms with van der Waals surface area (Å²) >= 11 is 1.53. The van der Waals surface area contributed by atoms with Crippen LogP contribution in [0.15, 0.2) is 30.7 Å². The van der Waals surface area contributed by atoms with Crippen LogP contribution in [0, 0.1) is 0 Å². The lowest BCUT2D eigenvalue weighted by atomic mass is 10.4. The van der Waals surface area contributed by atoms with Gasteiger partial charge in [0.05, 0.1) is 17.8 Å². The lowest BCUT2D eigenvalue weighted by Crippen LogP contribution is -2.04. The van der Waals surface area contributed by atoms with Gasteiger partial charge in [-0.2, -0.15) is 0 Å². The van der Waals surface area contributed by atoms with Crippen LogP contribution < -0.4 is 14.3 Å². The summed E-state index contributed by atoms with van der Waals surface area (Å²) in [6.07, 6.45) is 5.65. The topological polar surface area (TPSA) is 40.2 Å². The molecular formula is C8H10N4S. The third-order valence-electron chi connectivity index (χ3n) is 1.68. The van der Waals surface area contributed by atoms with Gasteiger partial charge in [-0.1, -0.05) is 0 Å². The molecular weight excluding hydrogens is 184 g/mol. The second-order valence-corrected chi connectivity index (χ2v) is 3.31. The minimum atomic E-state index is 0.874. The van der Waals surface area contributed by atoms with Gasteiger partial charge >= 0.3 is 0 Å². The molecule has 0 atom stereocenters. The predicted octanol–water partition coefficient (Wildman–Crippen LogP) is 1.57. The third-order valence-corrected chi connectivity index (χ3v) is 2.45. The SMILES string of the molecule is CNc1cc(N2C=CNS2)ccn1. The van der Waals surface area contributed by atoms with E-state index in [4.69, 9.17) is 0 Å². The highest BCUT2D eigenvalue weighted by molar-refractivity contribution is 7.99. The van der Waals surface area contributed by atoms with Gasteiger partial charge in [0, 0.05) is 31.7 Å². The van der Waals surface area contributed by atoms with Gasteiger partial charge < -0.3 is 10.0 Å². The van der Waals surface area contributed by atoms with E-state index in [9.17, 15) is 0 Å². The molecule has 1 aliphatic rings. The Balaban J connectivity index is 2.24. The van der Waals surface area contributed by atoms with E-state index in [-0.39, 0.29) is 0 Å². The van der Waals surface area contributed by atoms with E-state index in [0.717, 1.165) is 11.5 Å². The maximum atomic E-state index is 4.14. The molecule has 2 rings (SSSR count). The first-order chi connectivity index (χ1) is 6.40. The molecule has 68 valence electrons. The van der Waals surface area contributed by atoms with Crippen molar-refractivity contribution in [2.45, 2.75) is 0 Å². The average molecular weight is 194 g/mol. The maximum absolute atomic E-state index is 4.14. The van der Waals surface area contributed by atoms with Gasteiger partial charge in [0.1, 0.15) is 5.82 Å². The predicted molar refractivity (Wildman–Crippen MR) is 56.1 cm³/mol. The van der Waals surface area contributed by atoms with Gasteiger partial charge in [-0.05, 0) is 6.07 Å². The molecule has 5 heteroatoms. The summed E-state index contributed by atoms with van der Waals surface area (Å²) in [6, 6.07) is 3.95. The molecule has 0 bridgehead atoms. The van der Waals surface area contributed by atoms with E-state index in [1.165, 1.54) is 12.1 Å². The molecule has 2 N–H and O–H groups in total. The number of hydrogen-bond acceptors (Lipinski definition) is 5. The maximum Gasteiger partial charge on any atom is 0.127 e. The first-order valence-corrected chi connectivity index (χ1v) is 4.70. The number of anilines is 2. The molecule has 0 fully saturated rings. The fourth-order valence-corrected chi connectivity index (χ4v) is 1.62. The van der Waals surface area contributed by atoms with Crippen molar-refractivity contribution in [3.63, 3.8) is 0 Å². The molecule has 1 aliphatic heterocycles. The standard InChI is InChI=1S/C8H10N4S/c1-9-8-6-7(2-3-10-8)12-5-4-11-13-12/h2-6,11H,1H3,(H,9,10). The molecule has 0 aliphatic carbocycles. The van der Waals surface area contributed by atoms with Gasteiger partial charge in [0.2, 0.25) is 0 Å². The Morgan fingerprint density at radius 3 is 3.23 bits per heavy atom. The number of aromatic nitrogens is 1. The summed E-state index contributed by atoms with van der Waals surface area (Å²) in [7, 11) is 1.86. The molecule has 0 unspecified atom stereocenters. The summed E-state index contributed by atoms with van der Waals surface area (Å²) < 4.78 is 5.06. The van der Waals surface area contributed by atoms with Crippen molar-refractivity contribution < 1.29 is 0 Å². The highest BCUT2D eigenvalue weighted by Gasteiger charge is 2.07. The van der Waals surface area contributed by atoms with Crippen molar-refractivity contribution in [2.75, 3.05) is 16.7 Å². The molecule has 2 heterocycles. The zero-order chi connectivity index (χ0) is 9.10. The lowest BCUT2D eigenvalue weighted by Gasteiger charge is -2.12. The van der Waals surface area contributed by atoms with Gasteiger partial charge in [-0.3, -0.25) is 4.31 Å². The molecule has 0 saturated heterocycles. The van der Waals surface area contributed by atoms with Crippen LogP contribution in [0.4, 0.5) is 11.5 Å². The van der Waals surface area contributed by atoms with Crippen molar-refractivity contribution >= 4 is 23.6 Å². The van der Waals surface area contributed by atoms with Crippen molar-refractivity contribution in [3.05, 3.63) is 30.7 Å². The van der Waals surface area contributed by atoms with E-state index in [2.05, 4.69) is 15.0 Å². The summed E-state index contributed by atoms with van der Waals surface area (Å²) in [5, 5.41) is 3.00. The molecule has 0 amide bonds. The fraction of sp³-hybridized carbons (Fsp3) is 0.125. The monoisotopic (exact) mass is 194 g/mol. The van der Waals surface area contributed by atoms with Crippen molar-refractivity contribution in [1.29, 1.82) is 0 Å². The van der Waals surface area contributed by atoms with Crippen molar-refractivity contribution in [2.24, 2.45) is 0 Å². The lowest BCUT2D eigenvalue weighted by molar-refractivity contribution is 1.27. The second kappa shape index (κ2) is 3.57. The number of rotatable bonds is 2. The van der Waals surface area contributed by atoms with Crippen LogP contribution in [-0.2, 0) is 0 Å². The van der Waals surface area contributed by atoms with Crippen LogP contribution in [0.2, 0.25) is 0 Å². The Labute approximate surface area is 81.3 Å². The molecule has 0 spiro atoms. The first kappa shape index (κ1) is 8.25. The van der Waals surface area contributed by atoms with Gasteiger partial charge in [-0.25, -0.2) is 4.98 Å². The van der Waals surface area contributed by atoms with Crippen LogP contribution in [0.1, 0.15) is 0 Å². The quantitative estimate of drug-likeness (QED) is 0.699. The Kier molecular flexibility index (Phi) is 2.27. The normalized spacial score (nSPS) is 14.4. The van der Waals surface area contributed by atoms with Crippen LogP contribution in [-0.4, -0.2) is 12.0 Å². The molecule has 1 aromatic heterocycles. The van der Waals surface area contributed by atoms with E-state index in [1.54, 1.807) is 6.20 Å². The first-order valence-electron chi connectivity index (χ1n) is 3.92.